The molecule has 3 rings (SSSR count). The quantitative estimate of drug-likeness (QED) is 0.508. The van der Waals surface area contributed by atoms with Crippen LogP contribution in [0.5, 0.6) is 0 Å². The molecule has 3 heterocycles. The van der Waals surface area contributed by atoms with Gasteiger partial charge in [-0.15, -0.1) is 0 Å². The molecule has 0 amide bonds. The van der Waals surface area contributed by atoms with Gasteiger partial charge in [-0.3, -0.25) is 4.99 Å². The molecule has 0 saturated carbocycles. The van der Waals surface area contributed by atoms with Crippen LogP contribution in [-0.4, -0.2) is 61.3 Å². The number of hydrogen-bond acceptors (Lipinski definition) is 6. The zero-order valence-electron chi connectivity index (χ0n) is 18.7. The van der Waals surface area contributed by atoms with Crippen molar-refractivity contribution in [1.82, 2.24) is 25.7 Å². The van der Waals surface area contributed by atoms with Gasteiger partial charge in [0.1, 0.15) is 5.82 Å². The van der Waals surface area contributed by atoms with Crippen LogP contribution in [0.4, 0.5) is 5.82 Å². The number of aromatic nitrogens is 2. The second-order valence-electron chi connectivity index (χ2n) is 7.82. The van der Waals surface area contributed by atoms with Gasteiger partial charge in [-0.1, -0.05) is 19.0 Å². The third kappa shape index (κ3) is 5.95. The van der Waals surface area contributed by atoms with Crippen molar-refractivity contribution >= 4 is 11.8 Å². The Bertz CT molecular complexity index is 807. The maximum atomic E-state index is 5.48. The van der Waals surface area contributed by atoms with E-state index in [-0.39, 0.29) is 0 Å². The molecule has 8 nitrogen and oxygen atoms in total. The standard InChI is InChI=1S/C22H35N7O/c1-5-18(6-2)20-14-19(30-27-20)16-26-22(23-3)25-15-17-7-8-24-21(13-17)29-11-9-28(4)10-12-29/h7-8,13-14,18H,5-6,9-12,15-16H2,1-4H3,(H2,23,25,26). The molecule has 0 aromatic carbocycles. The first-order valence-corrected chi connectivity index (χ1v) is 10.9. The minimum absolute atomic E-state index is 0.459. The molecule has 0 atom stereocenters. The molecule has 30 heavy (non-hydrogen) atoms. The van der Waals surface area contributed by atoms with Gasteiger partial charge >= 0.3 is 0 Å². The van der Waals surface area contributed by atoms with Crippen LogP contribution in [0.2, 0.25) is 0 Å². The van der Waals surface area contributed by atoms with Gasteiger partial charge in [0.2, 0.25) is 0 Å². The lowest BCUT2D eigenvalue weighted by molar-refractivity contribution is 0.312. The van der Waals surface area contributed by atoms with Crippen LogP contribution in [0, 0.1) is 0 Å². The van der Waals surface area contributed by atoms with E-state index in [1.807, 2.05) is 18.3 Å². The van der Waals surface area contributed by atoms with Gasteiger partial charge in [-0.2, -0.15) is 0 Å². The molecule has 8 heteroatoms. The van der Waals surface area contributed by atoms with E-state index in [4.69, 9.17) is 4.52 Å². The molecule has 1 fully saturated rings. The number of aliphatic imine (C=N–C) groups is 1. The molecule has 0 radical (unpaired) electrons. The van der Waals surface area contributed by atoms with Gasteiger partial charge in [-0.05, 0) is 37.6 Å². The number of piperazine rings is 1. The maximum absolute atomic E-state index is 5.48. The van der Waals surface area contributed by atoms with E-state index < -0.39 is 0 Å². The average molecular weight is 414 g/mol. The topological polar surface area (TPSA) is 81.8 Å². The van der Waals surface area contributed by atoms with E-state index >= 15 is 0 Å². The lowest BCUT2D eigenvalue weighted by Gasteiger charge is -2.33. The Kier molecular flexibility index (Phi) is 8.07. The highest BCUT2D eigenvalue weighted by Crippen LogP contribution is 2.22. The number of likely N-dealkylation sites (N-methyl/N-ethyl adjacent to an activating group) is 1. The number of anilines is 1. The molecule has 1 aliphatic rings. The van der Waals surface area contributed by atoms with Gasteiger partial charge in [0, 0.05) is 58.0 Å². The number of rotatable bonds is 8. The highest BCUT2D eigenvalue weighted by atomic mass is 16.5. The van der Waals surface area contributed by atoms with Crippen LogP contribution >= 0.6 is 0 Å². The number of pyridine rings is 1. The first kappa shape index (κ1) is 22.1. The Labute approximate surface area is 179 Å². The van der Waals surface area contributed by atoms with Crippen LogP contribution in [0.15, 0.2) is 33.9 Å². The Morgan fingerprint density at radius 3 is 2.57 bits per heavy atom. The van der Waals surface area contributed by atoms with Crippen molar-refractivity contribution in [3.8, 4) is 0 Å². The third-order valence-electron chi connectivity index (χ3n) is 5.73. The molecule has 0 spiro atoms. The minimum atomic E-state index is 0.459. The molecule has 1 saturated heterocycles. The first-order chi connectivity index (χ1) is 14.6. The van der Waals surface area contributed by atoms with Crippen LogP contribution in [0.1, 0.15) is 49.6 Å². The summed E-state index contributed by atoms with van der Waals surface area (Å²) in [5.74, 6) is 3.05. The minimum Gasteiger partial charge on any atom is -0.359 e. The highest BCUT2D eigenvalue weighted by molar-refractivity contribution is 5.79. The molecule has 164 valence electrons. The third-order valence-corrected chi connectivity index (χ3v) is 5.73. The predicted octanol–water partition coefficient (Wildman–Crippen LogP) is 2.59. The Morgan fingerprint density at radius 2 is 1.87 bits per heavy atom. The Hall–Kier alpha value is -2.61. The largest absolute Gasteiger partial charge is 0.359 e. The molecule has 0 bridgehead atoms. The van der Waals surface area contributed by atoms with Crippen LogP contribution in [-0.2, 0) is 13.1 Å². The highest BCUT2D eigenvalue weighted by Gasteiger charge is 2.16. The van der Waals surface area contributed by atoms with Crippen molar-refractivity contribution < 1.29 is 4.52 Å². The second kappa shape index (κ2) is 11.0. The van der Waals surface area contributed by atoms with Crippen molar-refractivity contribution in [2.24, 2.45) is 4.99 Å². The van der Waals surface area contributed by atoms with Gasteiger partial charge < -0.3 is 25.0 Å². The molecule has 0 aliphatic carbocycles. The SMILES string of the molecule is CCC(CC)c1cc(CNC(=NC)NCc2ccnc(N3CCN(C)CC3)c2)on1. The number of hydrogen-bond donors (Lipinski definition) is 2. The predicted molar refractivity (Wildman–Crippen MR) is 121 cm³/mol. The normalized spacial score (nSPS) is 15.6. The van der Waals surface area contributed by atoms with Gasteiger partial charge in [0.05, 0.1) is 12.2 Å². The van der Waals surface area contributed by atoms with Gasteiger partial charge in [0.15, 0.2) is 11.7 Å². The second-order valence-corrected chi connectivity index (χ2v) is 7.82. The fraction of sp³-hybridized carbons (Fsp3) is 0.591. The van der Waals surface area contributed by atoms with Crippen molar-refractivity contribution in [3.05, 3.63) is 41.4 Å². The zero-order chi connectivity index (χ0) is 21.3. The summed E-state index contributed by atoms with van der Waals surface area (Å²) in [5.41, 5.74) is 2.21. The molecular formula is C22H35N7O. The summed E-state index contributed by atoms with van der Waals surface area (Å²) in [6.45, 7) is 9.76. The fourth-order valence-corrected chi connectivity index (χ4v) is 3.67. The lowest BCUT2D eigenvalue weighted by Crippen LogP contribution is -2.44. The summed E-state index contributed by atoms with van der Waals surface area (Å²) >= 11 is 0. The van der Waals surface area contributed by atoms with E-state index in [1.165, 1.54) is 5.56 Å². The molecule has 1 aliphatic heterocycles. The summed E-state index contributed by atoms with van der Waals surface area (Å²) in [6.07, 6.45) is 4.02. The summed E-state index contributed by atoms with van der Waals surface area (Å²) in [6, 6.07) is 6.24. The molecule has 2 aromatic heterocycles. The summed E-state index contributed by atoms with van der Waals surface area (Å²) in [7, 11) is 3.93. The van der Waals surface area contributed by atoms with E-state index in [0.29, 0.717) is 19.0 Å². The lowest BCUT2D eigenvalue weighted by atomic mass is 9.99. The van der Waals surface area contributed by atoms with Gasteiger partial charge in [0.25, 0.3) is 0 Å². The smallest absolute Gasteiger partial charge is 0.191 e. The number of nitrogens with zero attached hydrogens (tertiary/aromatic N) is 5. The Balaban J connectivity index is 1.50. The van der Waals surface area contributed by atoms with E-state index in [0.717, 1.165) is 62.3 Å². The van der Waals surface area contributed by atoms with Crippen molar-refractivity contribution in [3.63, 3.8) is 0 Å². The maximum Gasteiger partial charge on any atom is 0.191 e. The first-order valence-electron chi connectivity index (χ1n) is 10.9. The van der Waals surface area contributed by atoms with Crippen molar-refractivity contribution in [2.45, 2.75) is 45.7 Å². The molecular weight excluding hydrogens is 378 g/mol. The molecule has 2 N–H and O–H groups in total. The van der Waals surface area contributed by atoms with Crippen LogP contribution in [0.3, 0.4) is 0 Å². The summed E-state index contributed by atoms with van der Waals surface area (Å²) < 4.78 is 5.48. The van der Waals surface area contributed by atoms with E-state index in [9.17, 15) is 0 Å². The van der Waals surface area contributed by atoms with Gasteiger partial charge in [-0.25, -0.2) is 4.98 Å². The van der Waals surface area contributed by atoms with Crippen molar-refractivity contribution in [2.75, 3.05) is 45.2 Å². The summed E-state index contributed by atoms with van der Waals surface area (Å²) in [4.78, 5) is 13.6. The van der Waals surface area contributed by atoms with Crippen molar-refractivity contribution in [1.29, 1.82) is 0 Å². The Morgan fingerprint density at radius 1 is 1.13 bits per heavy atom. The fourth-order valence-electron chi connectivity index (χ4n) is 3.67. The zero-order valence-corrected chi connectivity index (χ0v) is 18.7. The number of guanidine groups is 1. The average Bonchev–Trinajstić information content (AvgIpc) is 3.24. The van der Waals surface area contributed by atoms with E-state index in [1.54, 1.807) is 7.05 Å². The number of nitrogens with one attached hydrogen (secondary N) is 2. The summed E-state index contributed by atoms with van der Waals surface area (Å²) in [5, 5.41) is 10.9. The van der Waals surface area contributed by atoms with Crippen LogP contribution in [0.25, 0.3) is 0 Å². The molecule has 0 unspecified atom stereocenters. The molecule has 2 aromatic rings. The monoisotopic (exact) mass is 413 g/mol. The van der Waals surface area contributed by atoms with Crippen LogP contribution < -0.4 is 15.5 Å². The van der Waals surface area contributed by atoms with E-state index in [2.05, 4.69) is 62.5 Å².